The number of hydrogen-bond donors (Lipinski definition) is 0. The average Bonchev–Trinajstić information content (AvgIpc) is 2.88. The summed E-state index contributed by atoms with van der Waals surface area (Å²) in [6, 6.07) is 2.73. The molecule has 1 aliphatic carbocycles. The molecule has 142 valence electrons. The van der Waals surface area contributed by atoms with E-state index >= 15 is 0 Å². The monoisotopic (exact) mass is 360 g/mol. The van der Waals surface area contributed by atoms with Crippen LogP contribution in [0.3, 0.4) is 0 Å². The van der Waals surface area contributed by atoms with Gasteiger partial charge in [0.1, 0.15) is 5.76 Å². The lowest BCUT2D eigenvalue weighted by Crippen LogP contribution is -2.59. The Kier molecular flexibility index (Phi) is 4.23. The highest BCUT2D eigenvalue weighted by Crippen LogP contribution is 2.63. The highest BCUT2D eigenvalue weighted by Gasteiger charge is 2.63. The van der Waals surface area contributed by atoms with Crippen LogP contribution in [0.25, 0.3) is 0 Å². The van der Waals surface area contributed by atoms with Crippen LogP contribution in [0, 0.1) is 23.7 Å². The minimum Gasteiger partial charge on any atom is -0.456 e. The van der Waals surface area contributed by atoms with Crippen molar-refractivity contribution in [3.05, 3.63) is 33.9 Å². The lowest BCUT2D eigenvalue weighted by molar-refractivity contribution is -0.0966. The van der Waals surface area contributed by atoms with E-state index in [2.05, 4.69) is 18.7 Å². The first-order chi connectivity index (χ1) is 12.3. The van der Waals surface area contributed by atoms with Crippen molar-refractivity contribution in [2.24, 2.45) is 16.7 Å². The van der Waals surface area contributed by atoms with Gasteiger partial charge in [-0.15, -0.1) is 0 Å². The Labute approximate surface area is 154 Å². The summed E-state index contributed by atoms with van der Waals surface area (Å²) in [5.41, 5.74) is 0.220. The van der Waals surface area contributed by atoms with Crippen LogP contribution < -0.4 is 5.43 Å². The van der Waals surface area contributed by atoms with Crippen LogP contribution in [0.1, 0.15) is 36.6 Å². The third-order valence-electron chi connectivity index (χ3n) is 6.43. The van der Waals surface area contributed by atoms with E-state index in [0.717, 1.165) is 52.4 Å². The van der Waals surface area contributed by atoms with Crippen molar-refractivity contribution < 1.29 is 13.9 Å². The zero-order valence-electron chi connectivity index (χ0n) is 15.9. The number of morpholine rings is 1. The second-order valence-electron chi connectivity index (χ2n) is 8.92. The fraction of sp³-hybridized carbons (Fsp3) is 0.700. The lowest BCUT2D eigenvalue weighted by Gasteiger charge is -2.58. The van der Waals surface area contributed by atoms with E-state index in [9.17, 15) is 9.59 Å². The first-order valence-corrected chi connectivity index (χ1v) is 9.50. The van der Waals surface area contributed by atoms with Crippen molar-refractivity contribution in [1.82, 2.24) is 9.80 Å². The molecule has 0 aromatic carbocycles. The summed E-state index contributed by atoms with van der Waals surface area (Å²) in [6.07, 6.45) is 1.13. The second-order valence-corrected chi connectivity index (χ2v) is 8.92. The number of rotatable bonds is 3. The van der Waals surface area contributed by atoms with E-state index in [1.807, 2.05) is 4.90 Å². The molecule has 3 aliphatic rings. The van der Waals surface area contributed by atoms with Crippen molar-refractivity contribution >= 4 is 5.91 Å². The third-order valence-corrected chi connectivity index (χ3v) is 6.43. The molecule has 6 nitrogen and oxygen atoms in total. The molecule has 2 aliphatic heterocycles. The summed E-state index contributed by atoms with van der Waals surface area (Å²) in [6.45, 7) is 12.3. The van der Waals surface area contributed by atoms with E-state index in [1.165, 1.54) is 12.1 Å². The van der Waals surface area contributed by atoms with E-state index in [1.54, 1.807) is 6.92 Å². The molecule has 1 aromatic rings. The summed E-state index contributed by atoms with van der Waals surface area (Å²) in [4.78, 5) is 29.1. The molecule has 4 rings (SSSR count). The van der Waals surface area contributed by atoms with Crippen molar-refractivity contribution in [1.29, 1.82) is 0 Å². The van der Waals surface area contributed by atoms with Crippen LogP contribution in [-0.2, 0) is 4.74 Å². The maximum Gasteiger partial charge on any atom is 0.289 e. The summed E-state index contributed by atoms with van der Waals surface area (Å²) < 4.78 is 11.0. The van der Waals surface area contributed by atoms with E-state index in [-0.39, 0.29) is 27.9 Å². The van der Waals surface area contributed by atoms with Gasteiger partial charge in [0.2, 0.25) is 0 Å². The van der Waals surface area contributed by atoms with Gasteiger partial charge in [-0.3, -0.25) is 14.5 Å². The van der Waals surface area contributed by atoms with Crippen molar-refractivity contribution in [3.8, 4) is 0 Å². The van der Waals surface area contributed by atoms with Crippen LogP contribution in [0.4, 0.5) is 0 Å². The molecule has 2 saturated heterocycles. The molecule has 3 fully saturated rings. The molecule has 1 amide bonds. The van der Waals surface area contributed by atoms with Gasteiger partial charge in [0.05, 0.1) is 13.2 Å². The number of fused-ring (bicyclic) bond motifs is 1. The Balaban J connectivity index is 1.54. The molecule has 0 bridgehead atoms. The number of carbonyl (C=O) groups excluding carboxylic acids is 1. The van der Waals surface area contributed by atoms with Crippen molar-refractivity contribution in [2.75, 3.05) is 45.9 Å². The van der Waals surface area contributed by atoms with Crippen LogP contribution in [0.2, 0.25) is 0 Å². The maximum atomic E-state index is 13.0. The molecule has 3 heterocycles. The Morgan fingerprint density at radius 2 is 2.00 bits per heavy atom. The number of aryl methyl sites for hydroxylation is 1. The molecule has 0 N–H and O–H groups in total. The summed E-state index contributed by atoms with van der Waals surface area (Å²) >= 11 is 0. The Morgan fingerprint density at radius 3 is 2.65 bits per heavy atom. The molecule has 1 aromatic heterocycles. The smallest absolute Gasteiger partial charge is 0.289 e. The number of nitrogens with zero attached hydrogens (tertiary/aromatic N) is 2. The largest absolute Gasteiger partial charge is 0.456 e. The fourth-order valence-corrected chi connectivity index (χ4v) is 5.56. The number of hydrogen-bond acceptors (Lipinski definition) is 5. The standard InChI is InChI=1S/C20H28N2O4/c1-14-8-15(23)9-16(26-14)18(24)22-10-17-19(2,3)11-20(17,13-22)12-21-4-6-25-7-5-21/h8-9,17H,4-7,10-13H2,1-3H3/t17-,20+/m1/s1. The molecule has 6 heteroatoms. The van der Waals surface area contributed by atoms with Gasteiger partial charge >= 0.3 is 0 Å². The molecule has 26 heavy (non-hydrogen) atoms. The Morgan fingerprint density at radius 1 is 1.27 bits per heavy atom. The van der Waals surface area contributed by atoms with E-state index in [4.69, 9.17) is 9.15 Å². The molecular formula is C20H28N2O4. The first kappa shape index (κ1) is 17.7. The number of ether oxygens (including phenoxy) is 1. The number of amides is 1. The van der Waals surface area contributed by atoms with Gasteiger partial charge in [0.25, 0.3) is 5.91 Å². The van der Waals surface area contributed by atoms with Crippen molar-refractivity contribution in [2.45, 2.75) is 27.2 Å². The number of likely N-dealkylation sites (tertiary alicyclic amines) is 1. The Hall–Kier alpha value is -1.66. The van der Waals surface area contributed by atoms with Gasteiger partial charge < -0.3 is 14.1 Å². The fourth-order valence-electron chi connectivity index (χ4n) is 5.56. The third kappa shape index (κ3) is 2.99. The van der Waals surface area contributed by atoms with Crippen LogP contribution in [0.15, 0.2) is 21.3 Å². The summed E-state index contributed by atoms with van der Waals surface area (Å²) in [7, 11) is 0. The highest BCUT2D eigenvalue weighted by atomic mass is 16.5. The van der Waals surface area contributed by atoms with Gasteiger partial charge in [-0.1, -0.05) is 13.8 Å². The number of carbonyl (C=O) groups is 1. The first-order valence-electron chi connectivity index (χ1n) is 9.50. The molecule has 1 saturated carbocycles. The van der Waals surface area contributed by atoms with E-state index < -0.39 is 0 Å². The van der Waals surface area contributed by atoms with Crippen LogP contribution in [0.5, 0.6) is 0 Å². The zero-order valence-corrected chi connectivity index (χ0v) is 15.9. The van der Waals surface area contributed by atoms with E-state index in [0.29, 0.717) is 11.7 Å². The topological polar surface area (TPSA) is 63.0 Å². The minimum absolute atomic E-state index is 0.153. The SMILES string of the molecule is Cc1cc(=O)cc(C(=O)N2C[C@@H]3C(C)(C)C[C@]3(CN3CCOCC3)C2)o1. The molecule has 0 spiro atoms. The van der Waals surface area contributed by atoms with Crippen LogP contribution in [-0.4, -0.2) is 61.6 Å². The molecule has 0 unspecified atom stereocenters. The maximum absolute atomic E-state index is 13.0. The molecular weight excluding hydrogens is 332 g/mol. The van der Waals surface area contributed by atoms with Gasteiger partial charge in [-0.05, 0) is 24.7 Å². The predicted molar refractivity (Wildman–Crippen MR) is 97.2 cm³/mol. The van der Waals surface area contributed by atoms with Crippen molar-refractivity contribution in [3.63, 3.8) is 0 Å². The summed E-state index contributed by atoms with van der Waals surface area (Å²) in [5, 5.41) is 0. The average molecular weight is 360 g/mol. The predicted octanol–water partition coefficient (Wildman–Crippen LogP) is 1.77. The minimum atomic E-state index is -0.178. The highest BCUT2D eigenvalue weighted by molar-refractivity contribution is 5.91. The normalized spacial score (nSPS) is 30.7. The Bertz CT molecular complexity index is 765. The van der Waals surface area contributed by atoms with Gasteiger partial charge in [0.15, 0.2) is 11.2 Å². The lowest BCUT2D eigenvalue weighted by atomic mass is 9.48. The van der Waals surface area contributed by atoms with Gasteiger partial charge in [-0.2, -0.15) is 0 Å². The van der Waals surface area contributed by atoms with Gasteiger partial charge in [0, 0.05) is 50.3 Å². The quantitative estimate of drug-likeness (QED) is 0.822. The van der Waals surface area contributed by atoms with Gasteiger partial charge in [-0.25, -0.2) is 0 Å². The zero-order chi connectivity index (χ0) is 18.5. The van der Waals surface area contributed by atoms with Crippen LogP contribution >= 0.6 is 0 Å². The second kappa shape index (κ2) is 6.20. The molecule has 0 radical (unpaired) electrons. The molecule has 2 atom stereocenters. The summed E-state index contributed by atoms with van der Waals surface area (Å²) in [5.74, 6) is 0.970.